The highest BCUT2D eigenvalue weighted by Crippen LogP contribution is 2.45. The number of carbonyl (C=O) groups excluding carboxylic acids is 2. The molecule has 0 heterocycles. The molecule has 0 fully saturated rings. The van der Waals surface area contributed by atoms with Gasteiger partial charge in [0.25, 0.3) is 5.60 Å². The lowest BCUT2D eigenvalue weighted by atomic mass is 9.64. The van der Waals surface area contributed by atoms with Crippen LogP contribution in [-0.4, -0.2) is 56.8 Å². The molecule has 1 N–H and O–H groups in total. The molecule has 3 atom stereocenters. The van der Waals surface area contributed by atoms with E-state index >= 15 is 0 Å². The predicted octanol–water partition coefficient (Wildman–Crippen LogP) is 6.26. The summed E-state index contributed by atoms with van der Waals surface area (Å²) in [5, 5.41) is 11.3. The molecule has 6 nitrogen and oxygen atoms in total. The van der Waals surface area contributed by atoms with Crippen LogP contribution in [0.2, 0.25) is 18.1 Å². The second-order valence-corrected chi connectivity index (χ2v) is 17.1. The van der Waals surface area contributed by atoms with E-state index < -0.39 is 48.7 Å². The van der Waals surface area contributed by atoms with Crippen LogP contribution in [0.1, 0.15) is 53.5 Å². The van der Waals surface area contributed by atoms with Crippen molar-refractivity contribution in [2.45, 2.75) is 89.6 Å². The minimum atomic E-state index is -5.14. The van der Waals surface area contributed by atoms with Crippen LogP contribution in [-0.2, 0) is 29.1 Å². The summed E-state index contributed by atoms with van der Waals surface area (Å²) in [6.07, 6.45) is -2.32. The van der Waals surface area contributed by atoms with E-state index in [4.69, 9.17) is 13.9 Å². The van der Waals surface area contributed by atoms with Crippen LogP contribution >= 0.6 is 0 Å². The lowest BCUT2D eigenvalue weighted by Crippen LogP contribution is -2.53. The minimum absolute atomic E-state index is 0.0605. The van der Waals surface area contributed by atoms with Gasteiger partial charge in [-0.05, 0) is 48.9 Å². The van der Waals surface area contributed by atoms with E-state index in [1.54, 1.807) is 20.8 Å². The SMILES string of the molecule is CO[C@](C(=O)O[C@@H](/C=C/[C@@]1(O)C(C)=CC(=O)CC1(C)C)CO[Si](C)(C)C(C)(C)C)(c1ccccc1)C(F)(F)F. The summed E-state index contributed by atoms with van der Waals surface area (Å²) in [6.45, 7) is 14.7. The molecule has 0 saturated carbocycles. The first-order valence-electron chi connectivity index (χ1n) is 12.8. The average molecular weight is 571 g/mol. The van der Waals surface area contributed by atoms with Gasteiger partial charge in [-0.15, -0.1) is 0 Å². The molecule has 2 rings (SSSR count). The maximum atomic E-state index is 14.5. The second-order valence-electron chi connectivity index (χ2n) is 12.2. The highest BCUT2D eigenvalue weighted by Gasteiger charge is 2.64. The molecule has 10 heteroatoms. The zero-order chi connectivity index (χ0) is 30.1. The maximum Gasteiger partial charge on any atom is 0.432 e. The van der Waals surface area contributed by atoms with Gasteiger partial charge in [0.2, 0.25) is 0 Å². The molecule has 0 aliphatic heterocycles. The Morgan fingerprint density at radius 3 is 2.18 bits per heavy atom. The summed E-state index contributed by atoms with van der Waals surface area (Å²) in [6, 6.07) is 6.56. The number of allylic oxidation sites excluding steroid dienone is 1. The Labute approximate surface area is 230 Å². The van der Waals surface area contributed by atoms with Gasteiger partial charge in [0.15, 0.2) is 14.1 Å². The Morgan fingerprint density at radius 2 is 1.72 bits per heavy atom. The first-order valence-corrected chi connectivity index (χ1v) is 15.7. The van der Waals surface area contributed by atoms with Gasteiger partial charge in [0.05, 0.1) is 6.61 Å². The van der Waals surface area contributed by atoms with Crippen LogP contribution in [0, 0.1) is 5.41 Å². The zero-order valence-corrected chi connectivity index (χ0v) is 25.2. The van der Waals surface area contributed by atoms with E-state index in [2.05, 4.69) is 0 Å². The molecule has 218 valence electrons. The van der Waals surface area contributed by atoms with Crippen molar-refractivity contribution in [3.8, 4) is 0 Å². The molecule has 0 unspecified atom stereocenters. The number of carbonyl (C=O) groups is 2. The van der Waals surface area contributed by atoms with Gasteiger partial charge in [0.1, 0.15) is 11.7 Å². The number of halogens is 3. The molecular weight excluding hydrogens is 529 g/mol. The van der Waals surface area contributed by atoms with Crippen molar-refractivity contribution in [3.05, 3.63) is 59.7 Å². The second kappa shape index (κ2) is 11.3. The third-order valence-electron chi connectivity index (χ3n) is 8.02. The smallest absolute Gasteiger partial charge is 0.432 e. The predicted molar refractivity (Wildman–Crippen MR) is 145 cm³/mol. The third kappa shape index (κ3) is 6.56. The van der Waals surface area contributed by atoms with Gasteiger partial charge in [-0.1, -0.05) is 65.0 Å². The number of alkyl halides is 3. The Kier molecular flexibility index (Phi) is 9.55. The number of aliphatic hydroxyl groups is 1. The van der Waals surface area contributed by atoms with Crippen molar-refractivity contribution < 1.29 is 41.8 Å². The molecule has 1 aliphatic rings. The highest BCUT2D eigenvalue weighted by molar-refractivity contribution is 6.74. The molecule has 0 amide bonds. The summed E-state index contributed by atoms with van der Waals surface area (Å²) in [5.74, 6) is -1.80. The number of esters is 1. The number of rotatable bonds is 9. The van der Waals surface area contributed by atoms with E-state index in [-0.39, 0.29) is 23.8 Å². The first kappa shape index (κ1) is 32.9. The van der Waals surface area contributed by atoms with Crippen molar-refractivity contribution >= 4 is 20.1 Å². The summed E-state index contributed by atoms with van der Waals surface area (Å²) in [4.78, 5) is 25.5. The van der Waals surface area contributed by atoms with Crippen LogP contribution in [0.3, 0.4) is 0 Å². The quantitative estimate of drug-likeness (QED) is 0.215. The van der Waals surface area contributed by atoms with Gasteiger partial charge in [-0.3, -0.25) is 4.79 Å². The molecule has 0 aromatic heterocycles. The highest BCUT2D eigenvalue weighted by atomic mass is 28.4. The normalized spacial score (nSPS) is 22.8. The number of methoxy groups -OCH3 is 1. The molecule has 0 radical (unpaired) electrons. The summed E-state index contributed by atoms with van der Waals surface area (Å²) in [7, 11) is -1.61. The maximum absolute atomic E-state index is 14.5. The Morgan fingerprint density at radius 1 is 1.15 bits per heavy atom. The van der Waals surface area contributed by atoms with E-state index in [0.29, 0.717) is 5.57 Å². The van der Waals surface area contributed by atoms with Crippen LogP contribution in [0.15, 0.2) is 54.1 Å². The minimum Gasteiger partial charge on any atom is -0.453 e. The monoisotopic (exact) mass is 570 g/mol. The van der Waals surface area contributed by atoms with Gasteiger partial charge in [-0.2, -0.15) is 13.2 Å². The van der Waals surface area contributed by atoms with Crippen molar-refractivity contribution in [2.75, 3.05) is 13.7 Å². The largest absolute Gasteiger partial charge is 0.453 e. The zero-order valence-electron chi connectivity index (χ0n) is 24.2. The molecule has 1 aromatic carbocycles. The molecule has 39 heavy (non-hydrogen) atoms. The molecule has 0 spiro atoms. The van der Waals surface area contributed by atoms with Gasteiger partial charge in [0, 0.05) is 24.5 Å². The van der Waals surface area contributed by atoms with Crippen LogP contribution in [0.5, 0.6) is 0 Å². The molecule has 1 aromatic rings. The number of ketones is 1. The summed E-state index contributed by atoms with van der Waals surface area (Å²) >= 11 is 0. The van der Waals surface area contributed by atoms with Crippen molar-refractivity contribution in [3.63, 3.8) is 0 Å². The van der Waals surface area contributed by atoms with Crippen molar-refractivity contribution in [1.82, 2.24) is 0 Å². The third-order valence-corrected chi connectivity index (χ3v) is 12.5. The van der Waals surface area contributed by atoms with Crippen LogP contribution in [0.4, 0.5) is 13.2 Å². The standard InChI is InChI=1S/C29H41F3O6Si/c1-20-17-22(33)18-26(5,6)27(20,35)16-15-23(19-37-39(8,9)25(2,3)4)38-24(34)28(36-7,29(30,31)32)21-13-11-10-12-14-21/h10-17,23,35H,18-19H2,1-9H3/b16-15+/t23-,27+,28-/m0/s1. The number of hydrogen-bond acceptors (Lipinski definition) is 6. The molecule has 0 saturated heterocycles. The van der Waals surface area contributed by atoms with Gasteiger partial charge in [-0.25, -0.2) is 4.79 Å². The van der Waals surface area contributed by atoms with Crippen LogP contribution in [0.25, 0.3) is 0 Å². The number of ether oxygens (including phenoxy) is 2. The Hall–Kier alpha value is -2.27. The van der Waals surface area contributed by atoms with E-state index in [9.17, 15) is 27.9 Å². The number of hydrogen-bond donors (Lipinski definition) is 1. The molecule has 0 bridgehead atoms. The van der Waals surface area contributed by atoms with Crippen molar-refractivity contribution in [1.29, 1.82) is 0 Å². The summed E-state index contributed by atoms with van der Waals surface area (Å²) < 4.78 is 60.0. The van der Waals surface area contributed by atoms with Gasteiger partial charge < -0.3 is 19.0 Å². The van der Waals surface area contributed by atoms with Crippen LogP contribution < -0.4 is 0 Å². The fraction of sp³-hybridized carbons (Fsp3) is 0.586. The topological polar surface area (TPSA) is 82.1 Å². The van der Waals surface area contributed by atoms with E-state index in [0.717, 1.165) is 19.2 Å². The number of benzene rings is 1. The van der Waals surface area contributed by atoms with Gasteiger partial charge >= 0.3 is 12.1 Å². The first-order chi connectivity index (χ1) is 17.6. The van der Waals surface area contributed by atoms with E-state index in [1.807, 2.05) is 33.9 Å². The lowest BCUT2D eigenvalue weighted by Gasteiger charge is -2.44. The van der Waals surface area contributed by atoms with Crippen molar-refractivity contribution in [2.24, 2.45) is 5.41 Å². The summed E-state index contributed by atoms with van der Waals surface area (Å²) in [5.41, 5.74) is -5.95. The Balaban J connectivity index is 2.55. The lowest BCUT2D eigenvalue weighted by molar-refractivity contribution is -0.277. The molecular formula is C29H41F3O6Si. The fourth-order valence-electron chi connectivity index (χ4n) is 4.35. The fourth-order valence-corrected chi connectivity index (χ4v) is 5.37. The average Bonchev–Trinajstić information content (AvgIpc) is 2.79. The Bertz CT molecular complexity index is 1100. The molecule has 1 aliphatic carbocycles. The van der Waals surface area contributed by atoms with E-state index in [1.165, 1.54) is 36.4 Å².